The maximum absolute atomic E-state index is 10.8. The quantitative estimate of drug-likeness (QED) is 0.664. The maximum atomic E-state index is 10.8. The molecule has 1 N–H and O–H groups in total. The van der Waals surface area contributed by atoms with Gasteiger partial charge >= 0.3 is 0 Å². The third kappa shape index (κ3) is 2.04. The maximum Gasteiger partial charge on any atom is 0.129 e. The first-order chi connectivity index (χ1) is 12.3. The molecule has 0 radical (unpaired) electrons. The van der Waals surface area contributed by atoms with Crippen molar-refractivity contribution in [1.29, 1.82) is 0 Å². The lowest BCUT2D eigenvalue weighted by Crippen LogP contribution is -2.65. The van der Waals surface area contributed by atoms with Gasteiger partial charge in [0.1, 0.15) is 17.1 Å². The minimum atomic E-state index is -0.192. The number of aryl methyl sites for hydroxylation is 1. The Morgan fingerprint density at radius 3 is 2.69 bits per heavy atom. The third-order valence-corrected chi connectivity index (χ3v) is 8.37. The molecule has 5 atom stereocenters. The highest BCUT2D eigenvalue weighted by molar-refractivity contribution is 5.51. The zero-order valence-corrected chi connectivity index (χ0v) is 16.6. The number of hydrogen-bond donors (Lipinski definition) is 1. The topological polar surface area (TPSA) is 38.7 Å². The lowest BCUT2D eigenvalue weighted by molar-refractivity contribution is -0.253. The van der Waals surface area contributed by atoms with E-state index in [4.69, 9.17) is 9.47 Å². The fourth-order valence-electron chi connectivity index (χ4n) is 7.53. The SMILES string of the molecule is Cc1cc(O)c2c(c1)OC1(C)CCC3C(C)(C)CCCC34CCOC2C14. The zero-order chi connectivity index (χ0) is 18.3. The normalized spacial score (nSPS) is 42.8. The van der Waals surface area contributed by atoms with Crippen molar-refractivity contribution in [1.82, 2.24) is 0 Å². The van der Waals surface area contributed by atoms with Gasteiger partial charge in [-0.2, -0.15) is 0 Å². The summed E-state index contributed by atoms with van der Waals surface area (Å²) in [6.45, 7) is 10.1. The van der Waals surface area contributed by atoms with E-state index in [2.05, 4.69) is 26.8 Å². The summed E-state index contributed by atoms with van der Waals surface area (Å²) in [5, 5.41) is 10.8. The van der Waals surface area contributed by atoms with Crippen LogP contribution in [-0.4, -0.2) is 17.3 Å². The van der Waals surface area contributed by atoms with Crippen molar-refractivity contribution < 1.29 is 14.6 Å². The number of rotatable bonds is 0. The molecule has 3 fully saturated rings. The molecular weight excluding hydrogens is 324 g/mol. The molecule has 3 nitrogen and oxygen atoms in total. The molecule has 1 saturated heterocycles. The monoisotopic (exact) mass is 356 g/mol. The van der Waals surface area contributed by atoms with Crippen LogP contribution in [0.5, 0.6) is 11.5 Å². The minimum Gasteiger partial charge on any atom is -0.507 e. The molecule has 2 heterocycles. The highest BCUT2D eigenvalue weighted by atomic mass is 16.5. The first-order valence-corrected chi connectivity index (χ1v) is 10.4. The third-order valence-electron chi connectivity index (χ3n) is 8.37. The molecule has 0 amide bonds. The van der Waals surface area contributed by atoms with Crippen LogP contribution in [0.15, 0.2) is 12.1 Å². The van der Waals surface area contributed by atoms with Crippen molar-refractivity contribution in [3.8, 4) is 11.5 Å². The average Bonchev–Trinajstić information content (AvgIpc) is 2.52. The molecule has 2 saturated carbocycles. The number of hydrogen-bond acceptors (Lipinski definition) is 3. The van der Waals surface area contributed by atoms with E-state index >= 15 is 0 Å². The van der Waals surface area contributed by atoms with Gasteiger partial charge in [-0.1, -0.05) is 20.3 Å². The Balaban J connectivity index is 1.70. The highest BCUT2D eigenvalue weighted by Crippen LogP contribution is 2.70. The number of ether oxygens (including phenoxy) is 2. The highest BCUT2D eigenvalue weighted by Gasteiger charge is 2.67. The van der Waals surface area contributed by atoms with E-state index in [1.165, 1.54) is 25.7 Å². The molecular formula is C23H32O3. The van der Waals surface area contributed by atoms with Gasteiger partial charge in [0.2, 0.25) is 0 Å². The molecule has 5 rings (SSSR count). The largest absolute Gasteiger partial charge is 0.507 e. The molecule has 4 aliphatic rings. The van der Waals surface area contributed by atoms with Gasteiger partial charge in [-0.3, -0.25) is 0 Å². The summed E-state index contributed by atoms with van der Waals surface area (Å²) in [6, 6.07) is 3.94. The second-order valence-corrected chi connectivity index (χ2v) is 10.3. The van der Waals surface area contributed by atoms with Crippen molar-refractivity contribution in [2.75, 3.05) is 6.61 Å². The zero-order valence-electron chi connectivity index (χ0n) is 16.6. The Morgan fingerprint density at radius 2 is 1.88 bits per heavy atom. The molecule has 2 aliphatic carbocycles. The predicted molar refractivity (Wildman–Crippen MR) is 101 cm³/mol. The smallest absolute Gasteiger partial charge is 0.129 e. The lowest BCUT2D eigenvalue weighted by Gasteiger charge is -2.67. The molecule has 0 bridgehead atoms. The van der Waals surface area contributed by atoms with Crippen LogP contribution in [0.1, 0.15) is 76.5 Å². The summed E-state index contributed by atoms with van der Waals surface area (Å²) in [7, 11) is 0. The van der Waals surface area contributed by atoms with Crippen LogP contribution in [-0.2, 0) is 4.74 Å². The second kappa shape index (κ2) is 5.19. The molecule has 1 aromatic rings. The van der Waals surface area contributed by atoms with Gasteiger partial charge in [-0.05, 0) is 80.4 Å². The van der Waals surface area contributed by atoms with Crippen molar-refractivity contribution in [3.63, 3.8) is 0 Å². The van der Waals surface area contributed by atoms with Gasteiger partial charge in [0, 0.05) is 12.5 Å². The van der Waals surface area contributed by atoms with E-state index in [1.54, 1.807) is 0 Å². The number of benzene rings is 1. The lowest BCUT2D eigenvalue weighted by atomic mass is 9.42. The number of fused-ring (bicyclic) bond motifs is 2. The number of phenols is 1. The van der Waals surface area contributed by atoms with Gasteiger partial charge in [0.05, 0.1) is 11.7 Å². The summed E-state index contributed by atoms with van der Waals surface area (Å²) in [5.41, 5.74) is 2.42. The van der Waals surface area contributed by atoms with E-state index in [0.717, 1.165) is 42.2 Å². The average molecular weight is 357 g/mol. The second-order valence-electron chi connectivity index (χ2n) is 10.3. The van der Waals surface area contributed by atoms with Crippen LogP contribution >= 0.6 is 0 Å². The van der Waals surface area contributed by atoms with Crippen molar-refractivity contribution in [2.45, 2.75) is 77.9 Å². The minimum absolute atomic E-state index is 0.0326. The summed E-state index contributed by atoms with van der Waals surface area (Å²) >= 11 is 0. The van der Waals surface area contributed by atoms with Gasteiger partial charge < -0.3 is 14.6 Å². The van der Waals surface area contributed by atoms with Crippen molar-refractivity contribution in [2.24, 2.45) is 22.7 Å². The molecule has 3 heteroatoms. The molecule has 2 aliphatic heterocycles. The Kier molecular flexibility index (Phi) is 3.37. The van der Waals surface area contributed by atoms with Crippen LogP contribution in [0, 0.1) is 29.6 Å². The molecule has 1 aromatic carbocycles. The summed E-state index contributed by atoms with van der Waals surface area (Å²) in [5.74, 6) is 2.26. The van der Waals surface area contributed by atoms with E-state index < -0.39 is 0 Å². The fraction of sp³-hybridized carbons (Fsp3) is 0.739. The van der Waals surface area contributed by atoms with Crippen LogP contribution in [0.4, 0.5) is 0 Å². The van der Waals surface area contributed by atoms with Gasteiger partial charge in [0.25, 0.3) is 0 Å². The summed E-state index contributed by atoms with van der Waals surface area (Å²) < 4.78 is 13.1. The Morgan fingerprint density at radius 1 is 1.08 bits per heavy atom. The predicted octanol–water partition coefficient (Wildman–Crippen LogP) is 5.54. The van der Waals surface area contributed by atoms with Crippen LogP contribution in [0.2, 0.25) is 0 Å². The molecule has 142 valence electrons. The Bertz CT molecular complexity index is 750. The van der Waals surface area contributed by atoms with Crippen LogP contribution < -0.4 is 4.74 Å². The summed E-state index contributed by atoms with van der Waals surface area (Å²) in [4.78, 5) is 0. The van der Waals surface area contributed by atoms with E-state index in [1.807, 2.05) is 13.0 Å². The molecule has 1 spiro atoms. The van der Waals surface area contributed by atoms with E-state index in [9.17, 15) is 5.11 Å². The molecule has 5 unspecified atom stereocenters. The summed E-state index contributed by atoms with van der Waals surface area (Å²) in [6.07, 6.45) is 7.36. The van der Waals surface area contributed by atoms with Crippen LogP contribution in [0.25, 0.3) is 0 Å². The van der Waals surface area contributed by atoms with Gasteiger partial charge in [-0.25, -0.2) is 0 Å². The van der Waals surface area contributed by atoms with E-state index in [0.29, 0.717) is 17.1 Å². The number of aromatic hydroxyl groups is 1. The Hall–Kier alpha value is -1.22. The van der Waals surface area contributed by atoms with Crippen LogP contribution in [0.3, 0.4) is 0 Å². The van der Waals surface area contributed by atoms with Gasteiger partial charge in [0.15, 0.2) is 0 Å². The standard InChI is InChI=1S/C23H32O3/c1-14-12-15(24)18-16(13-14)26-22(4)9-6-17-21(2,3)7-5-8-23(17)10-11-25-19(18)20(22)23/h12-13,17,19-20,24H,5-11H2,1-4H3. The van der Waals surface area contributed by atoms with Crippen molar-refractivity contribution in [3.05, 3.63) is 23.3 Å². The van der Waals surface area contributed by atoms with Gasteiger partial charge in [-0.15, -0.1) is 0 Å². The first-order valence-electron chi connectivity index (χ1n) is 10.4. The fourth-order valence-corrected chi connectivity index (χ4v) is 7.53. The number of phenolic OH excluding ortho intramolecular Hbond substituents is 1. The molecule has 26 heavy (non-hydrogen) atoms. The first kappa shape index (κ1) is 16.9. The van der Waals surface area contributed by atoms with E-state index in [-0.39, 0.29) is 17.1 Å². The molecule has 0 aromatic heterocycles. The Labute approximate surface area is 157 Å². The van der Waals surface area contributed by atoms with Crippen molar-refractivity contribution >= 4 is 0 Å².